The van der Waals surface area contributed by atoms with Gasteiger partial charge in [-0.15, -0.1) is 0 Å². The molecule has 0 radical (unpaired) electrons. The summed E-state index contributed by atoms with van der Waals surface area (Å²) in [5, 5.41) is 6.25. The van der Waals surface area contributed by atoms with Gasteiger partial charge in [0.15, 0.2) is 0 Å². The van der Waals surface area contributed by atoms with Gasteiger partial charge >= 0.3 is 0 Å². The normalized spacial score (nSPS) is 21.7. The molecule has 1 unspecified atom stereocenters. The van der Waals surface area contributed by atoms with Crippen LogP contribution in [0.4, 0.5) is 11.4 Å². The van der Waals surface area contributed by atoms with E-state index in [-0.39, 0.29) is 12.0 Å². The van der Waals surface area contributed by atoms with Crippen molar-refractivity contribution in [2.24, 2.45) is 0 Å². The minimum Gasteiger partial charge on any atom is -0.397 e. The Labute approximate surface area is 118 Å². The lowest BCUT2D eigenvalue weighted by Gasteiger charge is -2.14. The number of anilines is 2. The molecule has 0 bridgehead atoms. The molecule has 1 amide bonds. The summed E-state index contributed by atoms with van der Waals surface area (Å²) in [5.74, 6) is -0.0372. The van der Waals surface area contributed by atoms with E-state index in [2.05, 4.69) is 10.6 Å². The third kappa shape index (κ3) is 3.22. The topological polar surface area (TPSA) is 76.4 Å². The summed E-state index contributed by atoms with van der Waals surface area (Å²) in [6, 6.07) is 5.77. The van der Waals surface area contributed by atoms with Crippen LogP contribution in [-0.4, -0.2) is 31.2 Å². The molecule has 20 heavy (non-hydrogen) atoms. The highest BCUT2D eigenvalue weighted by atomic mass is 16.5. The minimum atomic E-state index is -0.0372. The summed E-state index contributed by atoms with van der Waals surface area (Å²) < 4.78 is 5.56. The van der Waals surface area contributed by atoms with Crippen LogP contribution in [0.2, 0.25) is 0 Å². The van der Waals surface area contributed by atoms with Crippen LogP contribution in [0.3, 0.4) is 0 Å². The Hall–Kier alpha value is -1.75. The molecule has 0 aromatic heterocycles. The Balaban J connectivity index is 1.59. The monoisotopic (exact) mass is 275 g/mol. The minimum absolute atomic E-state index is 0.0372. The number of carbonyl (C=O) groups excluding carboxylic acids is 1. The van der Waals surface area contributed by atoms with Gasteiger partial charge in [0.05, 0.1) is 17.5 Å². The van der Waals surface area contributed by atoms with Crippen molar-refractivity contribution < 1.29 is 9.53 Å². The van der Waals surface area contributed by atoms with Crippen LogP contribution >= 0.6 is 0 Å². The molecular weight excluding hydrogens is 254 g/mol. The molecule has 1 aliphatic carbocycles. The van der Waals surface area contributed by atoms with Crippen LogP contribution in [0, 0.1) is 0 Å². The first-order valence-corrected chi connectivity index (χ1v) is 7.28. The van der Waals surface area contributed by atoms with Crippen molar-refractivity contribution in [3.8, 4) is 0 Å². The molecule has 1 aliphatic heterocycles. The molecule has 1 aromatic carbocycles. The third-order valence-electron chi connectivity index (χ3n) is 3.77. The zero-order valence-corrected chi connectivity index (χ0v) is 11.5. The standard InChI is InChI=1S/C15H21N3O2/c16-13-8-10(15(19)18-11-4-5-11)3-6-14(13)17-9-12-2-1-7-20-12/h3,6,8,11-12,17H,1-2,4-5,7,9,16H2,(H,18,19). The fourth-order valence-electron chi connectivity index (χ4n) is 2.39. The lowest BCUT2D eigenvalue weighted by atomic mass is 10.1. The fraction of sp³-hybridized carbons (Fsp3) is 0.533. The summed E-state index contributed by atoms with van der Waals surface area (Å²) in [7, 11) is 0. The first-order chi connectivity index (χ1) is 9.72. The highest BCUT2D eigenvalue weighted by molar-refractivity contribution is 5.96. The maximum Gasteiger partial charge on any atom is 0.251 e. The van der Waals surface area contributed by atoms with Crippen molar-refractivity contribution in [3.05, 3.63) is 23.8 Å². The molecule has 1 saturated carbocycles. The molecule has 1 atom stereocenters. The van der Waals surface area contributed by atoms with E-state index < -0.39 is 0 Å². The average Bonchev–Trinajstić information content (AvgIpc) is 3.10. The zero-order chi connectivity index (χ0) is 13.9. The van der Waals surface area contributed by atoms with Crippen LogP contribution in [-0.2, 0) is 4.74 Å². The number of rotatable bonds is 5. The van der Waals surface area contributed by atoms with Gasteiger partial charge in [0.2, 0.25) is 0 Å². The SMILES string of the molecule is Nc1cc(C(=O)NC2CC2)ccc1NCC1CCCO1. The predicted molar refractivity (Wildman–Crippen MR) is 78.8 cm³/mol. The van der Waals surface area contributed by atoms with E-state index in [0.29, 0.717) is 17.3 Å². The van der Waals surface area contributed by atoms with E-state index in [4.69, 9.17) is 10.5 Å². The van der Waals surface area contributed by atoms with Crippen LogP contribution < -0.4 is 16.4 Å². The Morgan fingerprint density at radius 1 is 1.35 bits per heavy atom. The number of hydrogen-bond acceptors (Lipinski definition) is 4. The van der Waals surface area contributed by atoms with E-state index in [1.165, 1.54) is 0 Å². The van der Waals surface area contributed by atoms with Crippen molar-refractivity contribution in [1.82, 2.24) is 5.32 Å². The van der Waals surface area contributed by atoms with Gasteiger partial charge in [0.1, 0.15) is 0 Å². The summed E-state index contributed by atoms with van der Waals surface area (Å²) in [6.45, 7) is 1.61. The van der Waals surface area contributed by atoms with Crippen molar-refractivity contribution >= 4 is 17.3 Å². The number of carbonyl (C=O) groups is 1. The Morgan fingerprint density at radius 3 is 2.85 bits per heavy atom. The van der Waals surface area contributed by atoms with Crippen LogP contribution in [0.5, 0.6) is 0 Å². The van der Waals surface area contributed by atoms with Gasteiger partial charge in [-0.05, 0) is 43.9 Å². The summed E-state index contributed by atoms with van der Waals surface area (Å²) in [6.07, 6.45) is 4.66. The maximum absolute atomic E-state index is 11.9. The number of nitrogens with two attached hydrogens (primary N) is 1. The van der Waals surface area contributed by atoms with E-state index in [1.807, 2.05) is 12.1 Å². The van der Waals surface area contributed by atoms with Gasteiger partial charge in [0.25, 0.3) is 5.91 Å². The molecule has 108 valence electrons. The van der Waals surface area contributed by atoms with E-state index in [0.717, 1.165) is 44.5 Å². The van der Waals surface area contributed by atoms with Crippen molar-refractivity contribution in [2.75, 3.05) is 24.2 Å². The van der Waals surface area contributed by atoms with Gasteiger partial charge < -0.3 is 21.1 Å². The van der Waals surface area contributed by atoms with Crippen molar-refractivity contribution in [1.29, 1.82) is 0 Å². The Kier molecular flexibility index (Phi) is 3.78. The van der Waals surface area contributed by atoms with Crippen LogP contribution in [0.1, 0.15) is 36.0 Å². The molecule has 5 nitrogen and oxygen atoms in total. The molecule has 3 rings (SSSR count). The van der Waals surface area contributed by atoms with Gasteiger partial charge in [-0.3, -0.25) is 4.79 Å². The highest BCUT2D eigenvalue weighted by Crippen LogP contribution is 2.23. The second-order valence-electron chi connectivity index (χ2n) is 5.57. The van der Waals surface area contributed by atoms with Crippen LogP contribution in [0.15, 0.2) is 18.2 Å². The third-order valence-corrected chi connectivity index (χ3v) is 3.77. The maximum atomic E-state index is 11.9. The number of amides is 1. The number of nitrogens with one attached hydrogen (secondary N) is 2. The summed E-state index contributed by atoms with van der Waals surface area (Å²) in [5.41, 5.74) is 8.10. The smallest absolute Gasteiger partial charge is 0.251 e. The number of hydrogen-bond donors (Lipinski definition) is 3. The number of benzene rings is 1. The molecule has 2 fully saturated rings. The van der Waals surface area contributed by atoms with Gasteiger partial charge in [-0.25, -0.2) is 0 Å². The Morgan fingerprint density at radius 2 is 2.20 bits per heavy atom. The summed E-state index contributed by atoms with van der Waals surface area (Å²) in [4.78, 5) is 11.9. The van der Waals surface area contributed by atoms with E-state index >= 15 is 0 Å². The Bertz CT molecular complexity index is 494. The lowest BCUT2D eigenvalue weighted by molar-refractivity contribution is 0.0951. The molecule has 1 saturated heterocycles. The van der Waals surface area contributed by atoms with Crippen LogP contribution in [0.25, 0.3) is 0 Å². The quantitative estimate of drug-likeness (QED) is 0.716. The molecule has 5 heteroatoms. The van der Waals surface area contributed by atoms with Gasteiger partial charge in [-0.2, -0.15) is 0 Å². The van der Waals surface area contributed by atoms with Crippen molar-refractivity contribution in [2.45, 2.75) is 37.8 Å². The first kappa shape index (κ1) is 13.2. The molecule has 0 spiro atoms. The highest BCUT2D eigenvalue weighted by Gasteiger charge is 2.24. The number of ether oxygens (including phenoxy) is 1. The molecule has 2 aliphatic rings. The molecule has 1 aromatic rings. The summed E-state index contributed by atoms with van der Waals surface area (Å²) >= 11 is 0. The lowest BCUT2D eigenvalue weighted by Crippen LogP contribution is -2.25. The largest absolute Gasteiger partial charge is 0.397 e. The number of nitrogen functional groups attached to an aromatic ring is 1. The second kappa shape index (κ2) is 5.71. The average molecular weight is 275 g/mol. The predicted octanol–water partition coefficient (Wildman–Crippen LogP) is 1.75. The fourth-order valence-corrected chi connectivity index (χ4v) is 2.39. The molecular formula is C15H21N3O2. The van der Waals surface area contributed by atoms with E-state index in [9.17, 15) is 4.79 Å². The zero-order valence-electron chi connectivity index (χ0n) is 11.5. The molecule has 4 N–H and O–H groups in total. The van der Waals surface area contributed by atoms with Crippen molar-refractivity contribution in [3.63, 3.8) is 0 Å². The first-order valence-electron chi connectivity index (χ1n) is 7.28. The van der Waals surface area contributed by atoms with Gasteiger partial charge in [0, 0.05) is 24.8 Å². The second-order valence-corrected chi connectivity index (χ2v) is 5.57. The van der Waals surface area contributed by atoms with E-state index in [1.54, 1.807) is 6.07 Å². The van der Waals surface area contributed by atoms with Gasteiger partial charge in [-0.1, -0.05) is 0 Å². The molecule has 1 heterocycles.